The van der Waals surface area contributed by atoms with Crippen LogP contribution in [0.25, 0.3) is 0 Å². The van der Waals surface area contributed by atoms with E-state index in [9.17, 15) is 4.79 Å². The summed E-state index contributed by atoms with van der Waals surface area (Å²) >= 11 is 0. The van der Waals surface area contributed by atoms with E-state index in [0.717, 1.165) is 22.4 Å². The first-order valence-electron chi connectivity index (χ1n) is 3.97. The molecular formula is C11H11NO. The smallest absolute Gasteiger partial charge is 0.193 e. The number of hydrogen-bond donors (Lipinski definition) is 1. The van der Waals surface area contributed by atoms with E-state index in [1.807, 2.05) is 26.0 Å². The van der Waals surface area contributed by atoms with Crippen LogP contribution in [-0.2, 0) is 4.79 Å². The second kappa shape index (κ2) is 3.77. The second-order valence-electron chi connectivity index (χ2n) is 2.91. The first-order valence-corrected chi connectivity index (χ1v) is 3.97. The van der Waals surface area contributed by atoms with Gasteiger partial charge in [0.2, 0.25) is 0 Å². The SMILES string of the molecule is Cc1cc(C#CC=O)cc(C)c1N. The molecule has 0 unspecified atom stereocenters. The van der Waals surface area contributed by atoms with Crippen molar-refractivity contribution in [1.29, 1.82) is 0 Å². The van der Waals surface area contributed by atoms with E-state index in [1.54, 1.807) is 0 Å². The van der Waals surface area contributed by atoms with Crippen LogP contribution in [0, 0.1) is 25.7 Å². The first kappa shape index (κ1) is 9.34. The minimum atomic E-state index is 0.584. The zero-order chi connectivity index (χ0) is 9.84. The van der Waals surface area contributed by atoms with Gasteiger partial charge in [-0.1, -0.05) is 5.92 Å². The fraction of sp³-hybridized carbons (Fsp3) is 0.182. The van der Waals surface area contributed by atoms with Crippen LogP contribution in [0.4, 0.5) is 5.69 Å². The van der Waals surface area contributed by atoms with Crippen molar-refractivity contribution in [3.63, 3.8) is 0 Å². The zero-order valence-electron chi connectivity index (χ0n) is 7.72. The van der Waals surface area contributed by atoms with Crippen molar-refractivity contribution < 1.29 is 4.79 Å². The lowest BCUT2D eigenvalue weighted by Gasteiger charge is -2.04. The van der Waals surface area contributed by atoms with Crippen LogP contribution in [-0.4, -0.2) is 6.29 Å². The van der Waals surface area contributed by atoms with Crippen LogP contribution < -0.4 is 5.73 Å². The lowest BCUT2D eigenvalue weighted by atomic mass is 10.1. The van der Waals surface area contributed by atoms with Crippen LogP contribution >= 0.6 is 0 Å². The minimum Gasteiger partial charge on any atom is -0.398 e. The molecule has 1 aromatic rings. The lowest BCUT2D eigenvalue weighted by molar-refractivity contribution is -0.103. The number of nitrogens with two attached hydrogens (primary N) is 1. The summed E-state index contributed by atoms with van der Waals surface area (Å²) in [5.74, 6) is 5.10. The third-order valence-corrected chi connectivity index (χ3v) is 1.87. The van der Waals surface area contributed by atoms with Gasteiger partial charge < -0.3 is 5.73 Å². The first-order chi connectivity index (χ1) is 6.15. The molecular weight excluding hydrogens is 162 g/mol. The van der Waals surface area contributed by atoms with Gasteiger partial charge >= 0.3 is 0 Å². The number of benzene rings is 1. The molecule has 0 aliphatic heterocycles. The Balaban J connectivity index is 3.20. The number of carbonyl (C=O) groups excluding carboxylic acids is 1. The molecule has 0 aromatic heterocycles. The molecule has 2 nitrogen and oxygen atoms in total. The number of aldehydes is 1. The lowest BCUT2D eigenvalue weighted by Crippen LogP contribution is -1.94. The summed E-state index contributed by atoms with van der Waals surface area (Å²) in [4.78, 5) is 10.0. The van der Waals surface area contributed by atoms with Crippen molar-refractivity contribution in [2.75, 3.05) is 5.73 Å². The molecule has 0 spiro atoms. The number of carbonyl (C=O) groups is 1. The summed E-state index contributed by atoms with van der Waals surface area (Å²) in [6, 6.07) is 3.75. The maximum Gasteiger partial charge on any atom is 0.193 e. The largest absolute Gasteiger partial charge is 0.398 e. The average molecular weight is 173 g/mol. The van der Waals surface area contributed by atoms with E-state index in [-0.39, 0.29) is 0 Å². The minimum absolute atomic E-state index is 0.584. The van der Waals surface area contributed by atoms with Crippen LogP contribution in [0.1, 0.15) is 16.7 Å². The Labute approximate surface area is 77.8 Å². The van der Waals surface area contributed by atoms with Crippen LogP contribution in [0.5, 0.6) is 0 Å². The van der Waals surface area contributed by atoms with Gasteiger partial charge in [0, 0.05) is 11.3 Å². The summed E-state index contributed by atoms with van der Waals surface area (Å²) in [5, 5.41) is 0. The van der Waals surface area contributed by atoms with E-state index < -0.39 is 0 Å². The number of hydrogen-bond acceptors (Lipinski definition) is 2. The number of anilines is 1. The molecule has 0 amide bonds. The van der Waals surface area contributed by atoms with Crippen molar-refractivity contribution >= 4 is 12.0 Å². The normalized spacial score (nSPS) is 8.77. The molecule has 2 N–H and O–H groups in total. The van der Waals surface area contributed by atoms with Crippen molar-refractivity contribution in [3.05, 3.63) is 28.8 Å². The van der Waals surface area contributed by atoms with Gasteiger partial charge in [0.05, 0.1) is 0 Å². The van der Waals surface area contributed by atoms with Gasteiger partial charge in [0.15, 0.2) is 6.29 Å². The standard InChI is InChI=1S/C11H11NO/c1-8-6-10(4-3-5-13)7-9(2)11(8)12/h5-7H,12H2,1-2H3. The summed E-state index contributed by atoms with van der Waals surface area (Å²) in [7, 11) is 0. The van der Waals surface area contributed by atoms with Gasteiger partial charge in [0.25, 0.3) is 0 Å². The topological polar surface area (TPSA) is 43.1 Å². The molecule has 66 valence electrons. The molecule has 0 saturated heterocycles. The maximum absolute atomic E-state index is 10.0. The highest BCUT2D eigenvalue weighted by molar-refractivity contribution is 5.74. The highest BCUT2D eigenvalue weighted by atomic mass is 16.1. The Morgan fingerprint density at radius 3 is 2.31 bits per heavy atom. The van der Waals surface area contributed by atoms with Crippen molar-refractivity contribution in [2.24, 2.45) is 0 Å². The second-order valence-corrected chi connectivity index (χ2v) is 2.91. The maximum atomic E-state index is 10.0. The summed E-state index contributed by atoms with van der Waals surface area (Å²) in [5.41, 5.74) is 9.37. The number of nitrogen functional groups attached to an aromatic ring is 1. The zero-order valence-corrected chi connectivity index (χ0v) is 7.72. The van der Waals surface area contributed by atoms with Crippen molar-refractivity contribution in [2.45, 2.75) is 13.8 Å². The summed E-state index contributed by atoms with van der Waals surface area (Å²) in [6.07, 6.45) is 0.584. The van der Waals surface area contributed by atoms with E-state index >= 15 is 0 Å². The molecule has 0 bridgehead atoms. The fourth-order valence-corrected chi connectivity index (χ4v) is 1.16. The Morgan fingerprint density at radius 1 is 1.31 bits per heavy atom. The molecule has 0 atom stereocenters. The van der Waals surface area contributed by atoms with Gasteiger partial charge in [-0.15, -0.1) is 0 Å². The molecule has 0 fully saturated rings. The molecule has 1 aromatic carbocycles. The number of rotatable bonds is 0. The van der Waals surface area contributed by atoms with E-state index in [2.05, 4.69) is 11.8 Å². The predicted molar refractivity (Wildman–Crippen MR) is 53.3 cm³/mol. The van der Waals surface area contributed by atoms with E-state index in [0.29, 0.717) is 6.29 Å². The Hall–Kier alpha value is -1.75. The fourth-order valence-electron chi connectivity index (χ4n) is 1.16. The molecule has 2 heteroatoms. The van der Waals surface area contributed by atoms with Gasteiger partial charge in [-0.25, -0.2) is 0 Å². The van der Waals surface area contributed by atoms with Gasteiger partial charge in [-0.3, -0.25) is 4.79 Å². The predicted octanol–water partition coefficient (Wildman–Crippen LogP) is 1.44. The number of aryl methyl sites for hydroxylation is 2. The molecule has 0 heterocycles. The summed E-state index contributed by atoms with van der Waals surface area (Å²) < 4.78 is 0. The van der Waals surface area contributed by atoms with Gasteiger partial charge in [0.1, 0.15) is 0 Å². The van der Waals surface area contributed by atoms with E-state index in [4.69, 9.17) is 5.73 Å². The highest BCUT2D eigenvalue weighted by Crippen LogP contribution is 2.17. The molecule has 0 radical (unpaired) electrons. The molecule has 0 aliphatic rings. The van der Waals surface area contributed by atoms with Crippen LogP contribution in [0.2, 0.25) is 0 Å². The molecule has 13 heavy (non-hydrogen) atoms. The highest BCUT2D eigenvalue weighted by Gasteiger charge is 1.98. The quantitative estimate of drug-likeness (QED) is 0.366. The van der Waals surface area contributed by atoms with Gasteiger partial charge in [-0.05, 0) is 43.0 Å². The molecule has 0 aliphatic carbocycles. The van der Waals surface area contributed by atoms with Crippen molar-refractivity contribution in [1.82, 2.24) is 0 Å². The Kier molecular flexibility index (Phi) is 2.71. The third kappa shape index (κ3) is 2.09. The van der Waals surface area contributed by atoms with E-state index in [1.165, 1.54) is 0 Å². The molecule has 0 saturated carbocycles. The monoisotopic (exact) mass is 173 g/mol. The van der Waals surface area contributed by atoms with Crippen molar-refractivity contribution in [3.8, 4) is 11.8 Å². The van der Waals surface area contributed by atoms with Crippen LogP contribution in [0.15, 0.2) is 12.1 Å². The van der Waals surface area contributed by atoms with Gasteiger partial charge in [-0.2, -0.15) is 0 Å². The Morgan fingerprint density at radius 2 is 1.85 bits per heavy atom. The summed E-state index contributed by atoms with van der Waals surface area (Å²) in [6.45, 7) is 3.85. The third-order valence-electron chi connectivity index (χ3n) is 1.87. The van der Waals surface area contributed by atoms with Crippen LogP contribution in [0.3, 0.4) is 0 Å². The Bertz CT molecular complexity index is 373. The molecule has 1 rings (SSSR count). The average Bonchev–Trinajstić information content (AvgIpc) is 2.10.